The van der Waals surface area contributed by atoms with Crippen LogP contribution in [-0.2, 0) is 0 Å². The van der Waals surface area contributed by atoms with Crippen molar-refractivity contribution in [2.24, 2.45) is 11.3 Å². The zero-order valence-electron chi connectivity index (χ0n) is 7.15. The average molecular weight is 252 g/mol. The van der Waals surface area contributed by atoms with Crippen LogP contribution in [0.25, 0.3) is 0 Å². The monoisotopic (exact) mass is 252 g/mol. The molecule has 60 valence electrons. The highest BCUT2D eigenvalue weighted by atomic mass is 127. The van der Waals surface area contributed by atoms with Crippen LogP contribution in [-0.4, -0.2) is 3.92 Å². The third kappa shape index (κ3) is 1.86. The molecular formula is C9H17I. The molecule has 2 atom stereocenters. The quantitative estimate of drug-likeness (QED) is 0.456. The average Bonchev–Trinajstić information content (AvgIpc) is 1.81. The Labute approximate surface area is 77.9 Å². The van der Waals surface area contributed by atoms with Crippen LogP contribution in [0.15, 0.2) is 0 Å². The third-order valence-electron chi connectivity index (χ3n) is 2.74. The van der Waals surface area contributed by atoms with Crippen molar-refractivity contribution in [3.8, 4) is 0 Å². The SMILES string of the molecule is CC1CCC(C)(C)[C@@H](I)C1. The Bertz CT molecular complexity index is 118. The lowest BCUT2D eigenvalue weighted by Gasteiger charge is -2.38. The highest BCUT2D eigenvalue weighted by Crippen LogP contribution is 2.42. The van der Waals surface area contributed by atoms with E-state index in [4.69, 9.17) is 0 Å². The molecule has 0 aromatic carbocycles. The molecule has 10 heavy (non-hydrogen) atoms. The number of hydrogen-bond acceptors (Lipinski definition) is 0. The Hall–Kier alpha value is 0.730. The summed E-state index contributed by atoms with van der Waals surface area (Å²) in [5.74, 6) is 0.968. The summed E-state index contributed by atoms with van der Waals surface area (Å²) in [6, 6.07) is 0. The van der Waals surface area contributed by atoms with Gasteiger partial charge < -0.3 is 0 Å². The van der Waals surface area contributed by atoms with Gasteiger partial charge in [-0.3, -0.25) is 0 Å². The zero-order valence-corrected chi connectivity index (χ0v) is 9.31. The molecule has 1 saturated carbocycles. The van der Waals surface area contributed by atoms with Crippen molar-refractivity contribution in [2.75, 3.05) is 0 Å². The summed E-state index contributed by atoms with van der Waals surface area (Å²) >= 11 is 2.61. The van der Waals surface area contributed by atoms with E-state index in [-0.39, 0.29) is 0 Å². The second kappa shape index (κ2) is 3.00. The minimum atomic E-state index is 0.604. The summed E-state index contributed by atoms with van der Waals surface area (Å²) in [7, 11) is 0. The first kappa shape index (κ1) is 8.82. The summed E-state index contributed by atoms with van der Waals surface area (Å²) in [5, 5.41) is 0. The van der Waals surface area contributed by atoms with Crippen molar-refractivity contribution in [3.05, 3.63) is 0 Å². The minimum absolute atomic E-state index is 0.604. The van der Waals surface area contributed by atoms with E-state index < -0.39 is 0 Å². The van der Waals surface area contributed by atoms with E-state index in [2.05, 4.69) is 43.4 Å². The van der Waals surface area contributed by atoms with Crippen LogP contribution in [0.5, 0.6) is 0 Å². The van der Waals surface area contributed by atoms with Crippen molar-refractivity contribution < 1.29 is 0 Å². The molecule has 1 rings (SSSR count). The first-order valence-corrected chi connectivity index (χ1v) is 5.41. The summed E-state index contributed by atoms with van der Waals surface area (Å²) in [6.45, 7) is 7.17. The van der Waals surface area contributed by atoms with Gasteiger partial charge in [-0.1, -0.05) is 49.8 Å². The van der Waals surface area contributed by atoms with Gasteiger partial charge in [-0.15, -0.1) is 0 Å². The van der Waals surface area contributed by atoms with Crippen molar-refractivity contribution in [3.63, 3.8) is 0 Å². The number of halogens is 1. The van der Waals surface area contributed by atoms with E-state index in [0.717, 1.165) is 9.84 Å². The van der Waals surface area contributed by atoms with Crippen molar-refractivity contribution in [1.82, 2.24) is 0 Å². The van der Waals surface area contributed by atoms with Crippen LogP contribution < -0.4 is 0 Å². The van der Waals surface area contributed by atoms with Gasteiger partial charge >= 0.3 is 0 Å². The van der Waals surface area contributed by atoms with Gasteiger partial charge in [0, 0.05) is 3.92 Å². The molecule has 0 amide bonds. The van der Waals surface area contributed by atoms with Gasteiger partial charge in [-0.2, -0.15) is 0 Å². The van der Waals surface area contributed by atoms with E-state index in [0.29, 0.717) is 5.41 Å². The smallest absolute Gasteiger partial charge is 0.0163 e. The number of rotatable bonds is 0. The van der Waals surface area contributed by atoms with Crippen LogP contribution >= 0.6 is 22.6 Å². The maximum absolute atomic E-state index is 2.61. The molecule has 1 aliphatic rings. The molecule has 1 heteroatoms. The highest BCUT2D eigenvalue weighted by molar-refractivity contribution is 14.1. The maximum atomic E-state index is 2.61. The predicted molar refractivity (Wildman–Crippen MR) is 54.6 cm³/mol. The largest absolute Gasteiger partial charge is 0.0820 e. The predicted octanol–water partition coefficient (Wildman–Crippen LogP) is 3.64. The fourth-order valence-corrected chi connectivity index (χ4v) is 2.74. The lowest BCUT2D eigenvalue weighted by atomic mass is 9.74. The standard InChI is InChI=1S/C9H17I/c1-7-4-5-9(2,3)8(10)6-7/h7-8H,4-6H2,1-3H3/t7?,8-/m0/s1. The van der Waals surface area contributed by atoms with Crippen molar-refractivity contribution >= 4 is 22.6 Å². The van der Waals surface area contributed by atoms with Crippen molar-refractivity contribution in [2.45, 2.75) is 44.0 Å². The molecular weight excluding hydrogens is 235 g/mol. The molecule has 0 nitrogen and oxygen atoms in total. The van der Waals surface area contributed by atoms with Crippen LogP contribution in [0, 0.1) is 11.3 Å². The molecule has 0 aromatic heterocycles. The van der Waals surface area contributed by atoms with Gasteiger partial charge in [0.05, 0.1) is 0 Å². The minimum Gasteiger partial charge on any atom is -0.0820 e. The van der Waals surface area contributed by atoms with Gasteiger partial charge in [0.2, 0.25) is 0 Å². The Balaban J connectivity index is 2.52. The summed E-state index contributed by atoms with van der Waals surface area (Å²) in [5.41, 5.74) is 0.604. The Kier molecular flexibility index (Phi) is 2.64. The van der Waals surface area contributed by atoms with E-state index in [1.54, 1.807) is 0 Å². The summed E-state index contributed by atoms with van der Waals surface area (Å²) in [4.78, 5) is 0. The Morgan fingerprint density at radius 3 is 2.40 bits per heavy atom. The molecule has 1 fully saturated rings. The molecule has 0 radical (unpaired) electrons. The molecule has 0 bridgehead atoms. The topological polar surface area (TPSA) is 0 Å². The molecule has 1 aliphatic carbocycles. The molecule has 1 unspecified atom stereocenters. The molecule has 0 aromatic rings. The molecule has 0 spiro atoms. The van der Waals surface area contributed by atoms with E-state index in [1.807, 2.05) is 0 Å². The van der Waals surface area contributed by atoms with Gasteiger partial charge in [0.25, 0.3) is 0 Å². The van der Waals surface area contributed by atoms with Crippen molar-refractivity contribution in [1.29, 1.82) is 0 Å². The lowest BCUT2D eigenvalue weighted by Crippen LogP contribution is -2.31. The van der Waals surface area contributed by atoms with E-state index in [9.17, 15) is 0 Å². The van der Waals surface area contributed by atoms with Gasteiger partial charge in [-0.05, 0) is 24.2 Å². The zero-order chi connectivity index (χ0) is 7.78. The Morgan fingerprint density at radius 2 is 2.00 bits per heavy atom. The molecule has 0 aliphatic heterocycles. The number of hydrogen-bond donors (Lipinski definition) is 0. The van der Waals surface area contributed by atoms with Gasteiger partial charge in [-0.25, -0.2) is 0 Å². The molecule has 0 heterocycles. The normalized spacial score (nSPS) is 39.6. The van der Waals surface area contributed by atoms with Crippen LogP contribution in [0.3, 0.4) is 0 Å². The highest BCUT2D eigenvalue weighted by Gasteiger charge is 2.32. The lowest BCUT2D eigenvalue weighted by molar-refractivity contribution is 0.221. The second-order valence-corrected chi connectivity index (χ2v) is 5.84. The van der Waals surface area contributed by atoms with Crippen LogP contribution in [0.2, 0.25) is 0 Å². The maximum Gasteiger partial charge on any atom is 0.0163 e. The summed E-state index contributed by atoms with van der Waals surface area (Å²) in [6.07, 6.45) is 4.28. The first-order chi connectivity index (χ1) is 4.52. The molecule has 0 N–H and O–H groups in total. The van der Waals surface area contributed by atoms with Gasteiger partial charge in [0.1, 0.15) is 0 Å². The fourth-order valence-electron chi connectivity index (χ4n) is 1.57. The fraction of sp³-hybridized carbons (Fsp3) is 1.00. The first-order valence-electron chi connectivity index (χ1n) is 4.16. The van der Waals surface area contributed by atoms with E-state index >= 15 is 0 Å². The Morgan fingerprint density at radius 1 is 1.40 bits per heavy atom. The van der Waals surface area contributed by atoms with E-state index in [1.165, 1.54) is 19.3 Å². The van der Waals surface area contributed by atoms with Gasteiger partial charge in [0.15, 0.2) is 0 Å². The second-order valence-electron chi connectivity index (χ2n) is 4.34. The number of alkyl halides is 1. The van der Waals surface area contributed by atoms with Crippen LogP contribution in [0.4, 0.5) is 0 Å². The molecule has 0 saturated heterocycles. The summed E-state index contributed by atoms with van der Waals surface area (Å²) < 4.78 is 0.897. The van der Waals surface area contributed by atoms with Crippen LogP contribution in [0.1, 0.15) is 40.0 Å². The third-order valence-corrected chi connectivity index (χ3v) is 4.93.